The first-order valence-corrected chi connectivity index (χ1v) is 7.97. The van der Waals surface area contributed by atoms with E-state index in [1.165, 1.54) is 6.08 Å². The van der Waals surface area contributed by atoms with Crippen molar-refractivity contribution in [2.24, 2.45) is 4.40 Å². The van der Waals surface area contributed by atoms with Gasteiger partial charge in [-0.15, -0.1) is 4.40 Å². The molecule has 0 unspecified atom stereocenters. The Labute approximate surface area is 128 Å². The van der Waals surface area contributed by atoms with Crippen LogP contribution in [0.2, 0.25) is 0 Å². The van der Waals surface area contributed by atoms with Crippen LogP contribution in [0, 0.1) is 6.92 Å². The molecule has 0 aliphatic carbocycles. The van der Waals surface area contributed by atoms with Gasteiger partial charge < -0.3 is 9.47 Å². The lowest BCUT2D eigenvalue weighted by atomic mass is 10.1. The maximum absolute atomic E-state index is 11.8. The fourth-order valence-electron chi connectivity index (χ4n) is 1.97. The molecule has 1 N–H and O–H groups in total. The summed E-state index contributed by atoms with van der Waals surface area (Å²) in [5.74, 6) is -0.0700. The SMILES string of the molecule is CCOC(=O)C1=CC(c2ccc(OC)c(C)c2)=NS(=O)(=O)N1. The van der Waals surface area contributed by atoms with Gasteiger partial charge in [0.25, 0.3) is 0 Å². The van der Waals surface area contributed by atoms with Crippen molar-refractivity contribution >= 4 is 21.9 Å². The topological polar surface area (TPSA) is 94.1 Å². The van der Waals surface area contributed by atoms with Gasteiger partial charge in [0.05, 0.1) is 19.4 Å². The number of esters is 1. The third-order valence-corrected chi connectivity index (χ3v) is 3.84. The molecule has 0 spiro atoms. The van der Waals surface area contributed by atoms with Gasteiger partial charge in [0.2, 0.25) is 0 Å². The summed E-state index contributed by atoms with van der Waals surface area (Å²) in [5.41, 5.74) is 1.38. The molecule has 1 aliphatic rings. The van der Waals surface area contributed by atoms with Gasteiger partial charge in [-0.2, -0.15) is 8.42 Å². The zero-order valence-corrected chi connectivity index (χ0v) is 13.2. The Morgan fingerprint density at radius 1 is 1.36 bits per heavy atom. The fraction of sp³-hybridized carbons (Fsp3) is 0.286. The number of nitrogens with one attached hydrogen (secondary N) is 1. The Hall–Kier alpha value is -2.35. The predicted octanol–water partition coefficient (Wildman–Crippen LogP) is 1.09. The zero-order chi connectivity index (χ0) is 16.3. The number of hydrogen-bond donors (Lipinski definition) is 1. The van der Waals surface area contributed by atoms with Gasteiger partial charge in [0.15, 0.2) is 0 Å². The van der Waals surface area contributed by atoms with Crippen molar-refractivity contribution in [3.63, 3.8) is 0 Å². The molecule has 0 fully saturated rings. The molecule has 22 heavy (non-hydrogen) atoms. The Bertz CT molecular complexity index is 765. The molecule has 2 rings (SSSR count). The van der Waals surface area contributed by atoms with Crippen molar-refractivity contribution in [1.29, 1.82) is 0 Å². The van der Waals surface area contributed by atoms with Gasteiger partial charge in [0, 0.05) is 5.56 Å². The summed E-state index contributed by atoms with van der Waals surface area (Å²) in [7, 11) is -2.43. The first-order valence-electron chi connectivity index (χ1n) is 6.53. The number of nitrogens with zero attached hydrogens (tertiary/aromatic N) is 1. The third kappa shape index (κ3) is 3.45. The number of hydrogen-bond acceptors (Lipinski definition) is 5. The number of methoxy groups -OCH3 is 1. The second kappa shape index (κ2) is 6.18. The Balaban J connectivity index is 2.46. The molecule has 118 valence electrons. The van der Waals surface area contributed by atoms with E-state index in [-0.39, 0.29) is 18.0 Å². The molecule has 0 saturated carbocycles. The van der Waals surface area contributed by atoms with E-state index in [9.17, 15) is 13.2 Å². The number of carbonyl (C=O) groups is 1. The molecular formula is C14H16N2O5S. The highest BCUT2D eigenvalue weighted by Gasteiger charge is 2.24. The first kappa shape index (κ1) is 16.0. The molecule has 1 aromatic carbocycles. The quantitative estimate of drug-likeness (QED) is 0.837. The largest absolute Gasteiger partial charge is 0.496 e. The van der Waals surface area contributed by atoms with Crippen LogP contribution in [0.1, 0.15) is 18.1 Å². The van der Waals surface area contributed by atoms with Gasteiger partial charge in [-0.25, -0.2) is 4.79 Å². The molecular weight excluding hydrogens is 308 g/mol. The van der Waals surface area contributed by atoms with Crippen LogP contribution in [-0.2, 0) is 19.7 Å². The highest BCUT2D eigenvalue weighted by Crippen LogP contribution is 2.21. The zero-order valence-electron chi connectivity index (χ0n) is 12.4. The van der Waals surface area contributed by atoms with E-state index in [4.69, 9.17) is 9.47 Å². The van der Waals surface area contributed by atoms with E-state index >= 15 is 0 Å². The Morgan fingerprint density at radius 3 is 2.68 bits per heavy atom. The number of carbonyl (C=O) groups excluding carboxylic acids is 1. The van der Waals surface area contributed by atoms with Crippen molar-refractivity contribution in [3.05, 3.63) is 41.1 Å². The van der Waals surface area contributed by atoms with E-state index in [2.05, 4.69) is 9.12 Å². The normalized spacial score (nSPS) is 16.1. The maximum Gasteiger partial charge on any atom is 0.355 e. The molecule has 1 aliphatic heterocycles. The van der Waals surface area contributed by atoms with E-state index in [1.54, 1.807) is 32.2 Å². The highest BCUT2D eigenvalue weighted by atomic mass is 32.2. The summed E-state index contributed by atoms with van der Waals surface area (Å²) in [4.78, 5) is 11.7. The molecule has 7 nitrogen and oxygen atoms in total. The third-order valence-electron chi connectivity index (χ3n) is 2.92. The predicted molar refractivity (Wildman–Crippen MR) is 81.0 cm³/mol. The average molecular weight is 324 g/mol. The van der Waals surface area contributed by atoms with E-state index in [1.807, 2.05) is 6.92 Å². The van der Waals surface area contributed by atoms with Crippen molar-refractivity contribution in [2.75, 3.05) is 13.7 Å². The van der Waals surface area contributed by atoms with Gasteiger partial charge in [-0.1, -0.05) is 0 Å². The lowest BCUT2D eigenvalue weighted by Crippen LogP contribution is -2.32. The molecule has 0 bridgehead atoms. The molecule has 1 heterocycles. The van der Waals surface area contributed by atoms with Gasteiger partial charge in [-0.05, 0) is 43.7 Å². The minimum absolute atomic E-state index is 0.145. The summed E-state index contributed by atoms with van der Waals surface area (Å²) in [6, 6.07) is 5.11. The summed E-state index contributed by atoms with van der Waals surface area (Å²) < 4.78 is 39.2. The summed E-state index contributed by atoms with van der Waals surface area (Å²) in [6.45, 7) is 3.61. The minimum atomic E-state index is -3.98. The smallest absolute Gasteiger partial charge is 0.355 e. The Kier molecular flexibility index (Phi) is 4.51. The molecule has 1 aromatic rings. The van der Waals surface area contributed by atoms with Crippen LogP contribution in [0.5, 0.6) is 5.75 Å². The maximum atomic E-state index is 11.8. The molecule has 0 atom stereocenters. The van der Waals surface area contributed by atoms with Crippen molar-refractivity contribution in [3.8, 4) is 5.75 Å². The van der Waals surface area contributed by atoms with Gasteiger partial charge >= 0.3 is 16.2 Å². The van der Waals surface area contributed by atoms with Crippen LogP contribution < -0.4 is 9.46 Å². The second-order valence-electron chi connectivity index (χ2n) is 4.52. The molecule has 0 radical (unpaired) electrons. The molecule has 0 saturated heterocycles. The van der Waals surface area contributed by atoms with E-state index in [0.29, 0.717) is 11.3 Å². The van der Waals surface area contributed by atoms with Crippen LogP contribution in [0.25, 0.3) is 0 Å². The van der Waals surface area contributed by atoms with Crippen molar-refractivity contribution in [2.45, 2.75) is 13.8 Å². The molecule has 0 amide bonds. The minimum Gasteiger partial charge on any atom is -0.496 e. The number of allylic oxidation sites excluding steroid dienone is 1. The molecule has 8 heteroatoms. The summed E-state index contributed by atoms with van der Waals surface area (Å²) in [6.07, 6.45) is 1.35. The van der Waals surface area contributed by atoms with Gasteiger partial charge in [-0.3, -0.25) is 4.72 Å². The highest BCUT2D eigenvalue weighted by molar-refractivity contribution is 7.88. The summed E-state index contributed by atoms with van der Waals surface area (Å²) in [5, 5.41) is 0. The van der Waals surface area contributed by atoms with Crippen LogP contribution in [0.3, 0.4) is 0 Å². The van der Waals surface area contributed by atoms with E-state index in [0.717, 1.165) is 5.56 Å². The van der Waals surface area contributed by atoms with Crippen molar-refractivity contribution < 1.29 is 22.7 Å². The van der Waals surface area contributed by atoms with Crippen LogP contribution in [0.15, 0.2) is 34.4 Å². The summed E-state index contributed by atoms with van der Waals surface area (Å²) >= 11 is 0. The first-order chi connectivity index (χ1) is 10.4. The number of ether oxygens (including phenoxy) is 2. The number of aryl methyl sites for hydroxylation is 1. The van der Waals surface area contributed by atoms with E-state index < -0.39 is 16.2 Å². The average Bonchev–Trinajstić information content (AvgIpc) is 2.45. The second-order valence-corrected chi connectivity index (χ2v) is 5.85. The van der Waals surface area contributed by atoms with Crippen molar-refractivity contribution in [1.82, 2.24) is 4.72 Å². The Morgan fingerprint density at radius 2 is 2.09 bits per heavy atom. The van der Waals surface area contributed by atoms with Crippen LogP contribution >= 0.6 is 0 Å². The lowest BCUT2D eigenvalue weighted by Gasteiger charge is -2.15. The standard InChI is InChI=1S/C14H16N2O5S/c1-4-21-14(17)12-8-11(15-22(18,19)16-12)10-5-6-13(20-3)9(2)7-10/h5-8,16H,4H2,1-3H3. The lowest BCUT2D eigenvalue weighted by molar-refractivity contribution is -0.138. The molecule has 0 aromatic heterocycles. The number of rotatable bonds is 4. The van der Waals surface area contributed by atoms with Crippen LogP contribution in [-0.4, -0.2) is 33.8 Å². The van der Waals surface area contributed by atoms with Crippen LogP contribution in [0.4, 0.5) is 0 Å². The van der Waals surface area contributed by atoms with Gasteiger partial charge in [0.1, 0.15) is 11.4 Å². The fourth-order valence-corrected chi connectivity index (χ4v) is 2.85. The number of benzene rings is 1. The monoisotopic (exact) mass is 324 g/mol.